The van der Waals surface area contributed by atoms with Crippen molar-refractivity contribution in [1.82, 2.24) is 4.98 Å². The van der Waals surface area contributed by atoms with Crippen LogP contribution < -0.4 is 0 Å². The average molecular weight is 245 g/mol. The highest BCUT2D eigenvalue weighted by Gasteiger charge is 2.08. The highest BCUT2D eigenvalue weighted by molar-refractivity contribution is 6.17. The van der Waals surface area contributed by atoms with Gasteiger partial charge in [0.15, 0.2) is 0 Å². The minimum Gasteiger partial charge on any atom is -0.354 e. The fourth-order valence-corrected chi connectivity index (χ4v) is 2.92. The van der Waals surface area contributed by atoms with Crippen LogP contribution >= 0.6 is 0 Å². The minimum absolute atomic E-state index is 1.21. The Labute approximate surface area is 111 Å². The summed E-state index contributed by atoms with van der Waals surface area (Å²) in [5.74, 6) is 0. The maximum Gasteiger partial charge on any atom is 0.0544 e. The molecule has 0 bridgehead atoms. The van der Waals surface area contributed by atoms with Crippen LogP contribution in [0.3, 0.4) is 0 Å². The van der Waals surface area contributed by atoms with Crippen LogP contribution in [0.4, 0.5) is 0 Å². The topological polar surface area (TPSA) is 15.8 Å². The van der Waals surface area contributed by atoms with Crippen molar-refractivity contribution < 1.29 is 0 Å². The van der Waals surface area contributed by atoms with E-state index in [1.807, 2.05) is 0 Å². The van der Waals surface area contributed by atoms with E-state index in [4.69, 9.17) is 0 Å². The summed E-state index contributed by atoms with van der Waals surface area (Å²) in [6.45, 7) is 4.35. The summed E-state index contributed by atoms with van der Waals surface area (Å²) in [4.78, 5) is 3.57. The molecule has 0 aliphatic heterocycles. The van der Waals surface area contributed by atoms with Crippen molar-refractivity contribution in [3.05, 3.63) is 59.7 Å². The normalized spacial score (nSPS) is 11.7. The molecule has 1 heteroatoms. The molecule has 92 valence electrons. The Balaban J connectivity index is 2.27. The van der Waals surface area contributed by atoms with Gasteiger partial charge in [-0.1, -0.05) is 36.4 Å². The number of hydrogen-bond acceptors (Lipinski definition) is 0. The molecular weight excluding hydrogens is 230 g/mol. The number of hydrogen-bond donors (Lipinski definition) is 1. The van der Waals surface area contributed by atoms with Gasteiger partial charge in [0.2, 0.25) is 0 Å². The summed E-state index contributed by atoms with van der Waals surface area (Å²) >= 11 is 0. The number of rotatable bonds is 0. The SMILES string of the molecule is Cc1cc2ccc3c4ccccc4[nH]c3c2cc1C. The molecule has 0 spiro atoms. The van der Waals surface area contributed by atoms with Gasteiger partial charge in [-0.05, 0) is 42.5 Å². The van der Waals surface area contributed by atoms with E-state index < -0.39 is 0 Å². The van der Waals surface area contributed by atoms with Gasteiger partial charge in [-0.15, -0.1) is 0 Å². The Bertz CT molecular complexity index is 929. The molecule has 4 aromatic rings. The maximum atomic E-state index is 3.57. The van der Waals surface area contributed by atoms with Crippen molar-refractivity contribution in [3.8, 4) is 0 Å². The monoisotopic (exact) mass is 245 g/mol. The first-order valence-electron chi connectivity index (χ1n) is 6.64. The van der Waals surface area contributed by atoms with Crippen LogP contribution in [0.25, 0.3) is 32.6 Å². The zero-order valence-electron chi connectivity index (χ0n) is 11.1. The summed E-state index contributed by atoms with van der Waals surface area (Å²) < 4.78 is 0. The zero-order valence-corrected chi connectivity index (χ0v) is 11.1. The highest BCUT2D eigenvalue weighted by atomic mass is 14.7. The van der Waals surface area contributed by atoms with Crippen molar-refractivity contribution in [1.29, 1.82) is 0 Å². The van der Waals surface area contributed by atoms with Crippen LogP contribution in [0.1, 0.15) is 11.1 Å². The Morgan fingerprint density at radius 2 is 1.53 bits per heavy atom. The van der Waals surface area contributed by atoms with Crippen molar-refractivity contribution in [2.75, 3.05) is 0 Å². The lowest BCUT2D eigenvalue weighted by atomic mass is 10.0. The van der Waals surface area contributed by atoms with Gasteiger partial charge in [-0.2, -0.15) is 0 Å². The molecule has 0 saturated carbocycles. The second-order valence-electron chi connectivity index (χ2n) is 5.32. The van der Waals surface area contributed by atoms with Gasteiger partial charge in [0.05, 0.1) is 5.52 Å². The molecule has 4 rings (SSSR count). The Hall–Kier alpha value is -2.28. The Kier molecular flexibility index (Phi) is 2.02. The van der Waals surface area contributed by atoms with Gasteiger partial charge < -0.3 is 4.98 Å². The molecule has 1 aromatic heterocycles. The largest absolute Gasteiger partial charge is 0.354 e. The number of aryl methyl sites for hydroxylation is 2. The predicted molar refractivity (Wildman–Crippen MR) is 82.8 cm³/mol. The van der Waals surface area contributed by atoms with E-state index >= 15 is 0 Å². The van der Waals surface area contributed by atoms with Gasteiger partial charge in [0.1, 0.15) is 0 Å². The Morgan fingerprint density at radius 1 is 0.737 bits per heavy atom. The quantitative estimate of drug-likeness (QED) is 0.444. The van der Waals surface area contributed by atoms with E-state index in [1.54, 1.807) is 0 Å². The van der Waals surface area contributed by atoms with Gasteiger partial charge in [-0.25, -0.2) is 0 Å². The fraction of sp³-hybridized carbons (Fsp3) is 0.111. The first kappa shape index (κ1) is 10.6. The standard InChI is InChI=1S/C18H15N/c1-11-9-13-7-8-15-14-5-3-4-6-17(14)19-18(15)16(13)10-12(11)2/h3-10,19H,1-2H3. The van der Waals surface area contributed by atoms with Crippen molar-refractivity contribution >= 4 is 32.6 Å². The molecule has 1 N–H and O–H groups in total. The third-order valence-corrected chi connectivity index (χ3v) is 4.11. The number of fused-ring (bicyclic) bond motifs is 5. The summed E-state index contributed by atoms with van der Waals surface area (Å²) in [6.07, 6.45) is 0. The van der Waals surface area contributed by atoms with Crippen LogP contribution in [0.15, 0.2) is 48.5 Å². The number of para-hydroxylation sites is 1. The van der Waals surface area contributed by atoms with Crippen LogP contribution in [0, 0.1) is 13.8 Å². The van der Waals surface area contributed by atoms with Crippen LogP contribution in [0.2, 0.25) is 0 Å². The van der Waals surface area contributed by atoms with Crippen LogP contribution in [-0.4, -0.2) is 4.98 Å². The average Bonchev–Trinajstić information content (AvgIpc) is 2.79. The van der Waals surface area contributed by atoms with E-state index in [0.29, 0.717) is 0 Å². The van der Waals surface area contributed by atoms with Gasteiger partial charge in [0.25, 0.3) is 0 Å². The van der Waals surface area contributed by atoms with Gasteiger partial charge in [-0.3, -0.25) is 0 Å². The second kappa shape index (κ2) is 3.61. The van der Waals surface area contributed by atoms with E-state index in [-0.39, 0.29) is 0 Å². The lowest BCUT2D eigenvalue weighted by molar-refractivity contribution is 1.37. The molecule has 0 radical (unpaired) electrons. The van der Waals surface area contributed by atoms with Crippen LogP contribution in [0.5, 0.6) is 0 Å². The molecule has 0 aliphatic carbocycles. The summed E-state index contributed by atoms with van der Waals surface area (Å²) in [7, 11) is 0. The van der Waals surface area contributed by atoms with Crippen molar-refractivity contribution in [2.24, 2.45) is 0 Å². The number of H-pyrrole nitrogens is 1. The minimum atomic E-state index is 1.21. The zero-order chi connectivity index (χ0) is 13.0. The smallest absolute Gasteiger partial charge is 0.0544 e. The van der Waals surface area contributed by atoms with E-state index in [1.165, 1.54) is 43.7 Å². The third-order valence-electron chi connectivity index (χ3n) is 4.11. The molecular formula is C18H15N. The Morgan fingerprint density at radius 3 is 2.42 bits per heavy atom. The molecule has 0 aliphatic rings. The number of nitrogens with one attached hydrogen (secondary N) is 1. The third kappa shape index (κ3) is 1.42. The number of aromatic amines is 1. The summed E-state index contributed by atoms with van der Waals surface area (Å²) in [5, 5.41) is 5.24. The number of aromatic nitrogens is 1. The van der Waals surface area contributed by atoms with Gasteiger partial charge in [0, 0.05) is 21.7 Å². The first-order valence-corrected chi connectivity index (χ1v) is 6.64. The molecule has 1 nitrogen and oxygen atoms in total. The first-order chi connectivity index (χ1) is 9.24. The van der Waals surface area contributed by atoms with E-state index in [0.717, 1.165) is 0 Å². The highest BCUT2D eigenvalue weighted by Crippen LogP contribution is 2.32. The van der Waals surface area contributed by atoms with Crippen LogP contribution in [-0.2, 0) is 0 Å². The predicted octanol–water partition coefficient (Wildman–Crippen LogP) is 5.09. The molecule has 0 saturated heterocycles. The lowest BCUT2D eigenvalue weighted by Crippen LogP contribution is -1.83. The molecule has 0 fully saturated rings. The molecule has 0 unspecified atom stereocenters. The van der Waals surface area contributed by atoms with E-state index in [2.05, 4.69) is 67.4 Å². The molecule has 0 amide bonds. The van der Waals surface area contributed by atoms with Crippen molar-refractivity contribution in [2.45, 2.75) is 13.8 Å². The maximum absolute atomic E-state index is 3.57. The fourth-order valence-electron chi connectivity index (χ4n) is 2.92. The van der Waals surface area contributed by atoms with E-state index in [9.17, 15) is 0 Å². The molecule has 1 heterocycles. The second-order valence-corrected chi connectivity index (χ2v) is 5.32. The molecule has 0 atom stereocenters. The molecule has 19 heavy (non-hydrogen) atoms. The summed E-state index contributed by atoms with van der Waals surface area (Å²) in [5.41, 5.74) is 5.16. The number of benzene rings is 3. The summed E-state index contributed by atoms with van der Waals surface area (Å²) in [6, 6.07) is 17.5. The lowest BCUT2D eigenvalue weighted by Gasteiger charge is -2.05. The molecule has 3 aromatic carbocycles. The van der Waals surface area contributed by atoms with Gasteiger partial charge >= 0.3 is 0 Å². The van der Waals surface area contributed by atoms with Crippen molar-refractivity contribution in [3.63, 3.8) is 0 Å².